The Morgan fingerprint density at radius 3 is 2.88 bits per heavy atom. The van der Waals surface area contributed by atoms with Crippen LogP contribution in [0.5, 0.6) is 0 Å². The van der Waals surface area contributed by atoms with Gasteiger partial charge in [0.05, 0.1) is 30.5 Å². The number of anilines is 1. The fraction of sp³-hybridized carbons (Fsp3) is 0.267. The zero-order chi connectivity index (χ0) is 17.6. The summed E-state index contributed by atoms with van der Waals surface area (Å²) in [4.78, 5) is 15.4. The number of hydrogen-bond acceptors (Lipinski definition) is 6. The van der Waals surface area contributed by atoms with Crippen molar-refractivity contribution in [1.82, 2.24) is 4.98 Å². The van der Waals surface area contributed by atoms with E-state index in [1.165, 1.54) is 29.5 Å². The summed E-state index contributed by atoms with van der Waals surface area (Å²) in [6, 6.07) is 5.12. The van der Waals surface area contributed by atoms with E-state index in [1.54, 1.807) is 12.3 Å². The zero-order valence-corrected chi connectivity index (χ0v) is 13.4. The number of hydrazone groups is 1. The summed E-state index contributed by atoms with van der Waals surface area (Å²) in [6.45, 7) is 2.00. The second-order valence-corrected chi connectivity index (χ2v) is 5.44. The summed E-state index contributed by atoms with van der Waals surface area (Å²) in [6.07, 6.45) is -3.33. The Labute approximate surface area is 140 Å². The molecule has 128 valence electrons. The fourth-order valence-corrected chi connectivity index (χ4v) is 2.48. The molecule has 2 aromatic rings. The van der Waals surface area contributed by atoms with Gasteiger partial charge in [0.1, 0.15) is 0 Å². The van der Waals surface area contributed by atoms with Crippen LogP contribution in [0.4, 0.5) is 18.3 Å². The van der Waals surface area contributed by atoms with Crippen LogP contribution in [0.3, 0.4) is 0 Å². The highest BCUT2D eigenvalue weighted by molar-refractivity contribution is 7.13. The average Bonchev–Trinajstić information content (AvgIpc) is 2.94. The Balaban J connectivity index is 2.01. The van der Waals surface area contributed by atoms with Crippen molar-refractivity contribution in [2.24, 2.45) is 5.10 Å². The van der Waals surface area contributed by atoms with E-state index in [0.717, 1.165) is 12.3 Å². The third kappa shape index (κ3) is 5.05. The van der Waals surface area contributed by atoms with Gasteiger partial charge in [-0.3, -0.25) is 10.2 Å². The number of hydrogen-bond donors (Lipinski definition) is 1. The SMILES string of the molecule is CCOC(=O)Cc1csc(NN=Cc2ccccc2C(F)(F)F)n1. The minimum atomic E-state index is -4.45. The lowest BCUT2D eigenvalue weighted by Crippen LogP contribution is -2.09. The van der Waals surface area contributed by atoms with Crippen LogP contribution in [-0.2, 0) is 22.1 Å². The number of ether oxygens (including phenoxy) is 1. The second-order valence-electron chi connectivity index (χ2n) is 4.58. The molecule has 1 heterocycles. The fourth-order valence-electron chi connectivity index (χ4n) is 1.82. The van der Waals surface area contributed by atoms with Crippen molar-refractivity contribution < 1.29 is 22.7 Å². The van der Waals surface area contributed by atoms with Crippen molar-refractivity contribution in [1.29, 1.82) is 0 Å². The number of nitrogens with one attached hydrogen (secondary N) is 1. The molecule has 0 amide bonds. The zero-order valence-electron chi connectivity index (χ0n) is 12.6. The number of aromatic nitrogens is 1. The van der Waals surface area contributed by atoms with Crippen LogP contribution in [-0.4, -0.2) is 23.8 Å². The highest BCUT2D eigenvalue weighted by Gasteiger charge is 2.32. The van der Waals surface area contributed by atoms with E-state index in [1.807, 2.05) is 0 Å². The van der Waals surface area contributed by atoms with E-state index >= 15 is 0 Å². The molecule has 9 heteroatoms. The molecule has 0 aliphatic heterocycles. The van der Waals surface area contributed by atoms with E-state index in [2.05, 4.69) is 15.5 Å². The predicted octanol–water partition coefficient (Wildman–Crippen LogP) is 3.71. The second kappa shape index (κ2) is 7.91. The van der Waals surface area contributed by atoms with Gasteiger partial charge in [-0.05, 0) is 13.0 Å². The van der Waals surface area contributed by atoms with Gasteiger partial charge in [0.25, 0.3) is 0 Å². The van der Waals surface area contributed by atoms with Crippen molar-refractivity contribution in [2.45, 2.75) is 19.5 Å². The van der Waals surface area contributed by atoms with E-state index in [4.69, 9.17) is 4.74 Å². The minimum Gasteiger partial charge on any atom is -0.466 e. The molecule has 24 heavy (non-hydrogen) atoms. The van der Waals surface area contributed by atoms with Crippen molar-refractivity contribution in [3.05, 3.63) is 46.5 Å². The summed E-state index contributed by atoms with van der Waals surface area (Å²) >= 11 is 1.19. The first-order valence-electron chi connectivity index (χ1n) is 6.95. The van der Waals surface area contributed by atoms with Gasteiger partial charge in [-0.1, -0.05) is 18.2 Å². The number of benzene rings is 1. The van der Waals surface area contributed by atoms with Crippen LogP contribution in [0, 0.1) is 0 Å². The molecule has 2 rings (SSSR count). The summed E-state index contributed by atoms with van der Waals surface area (Å²) in [5.74, 6) is -0.392. The quantitative estimate of drug-likeness (QED) is 0.486. The molecule has 0 spiro atoms. The summed E-state index contributed by atoms with van der Waals surface area (Å²) in [5, 5.41) is 5.79. The van der Waals surface area contributed by atoms with Crippen LogP contribution in [0.15, 0.2) is 34.7 Å². The summed E-state index contributed by atoms with van der Waals surface area (Å²) in [7, 11) is 0. The molecule has 1 aromatic heterocycles. The number of esters is 1. The van der Waals surface area contributed by atoms with Gasteiger partial charge in [-0.2, -0.15) is 18.3 Å². The standard InChI is InChI=1S/C15H14F3N3O2S/c1-2-23-13(22)7-11-9-24-14(20-11)21-19-8-10-5-3-4-6-12(10)15(16,17)18/h3-6,8-9H,2,7H2,1H3,(H,20,21). The average molecular weight is 357 g/mol. The van der Waals surface area contributed by atoms with Gasteiger partial charge in [0, 0.05) is 10.9 Å². The van der Waals surface area contributed by atoms with Crippen LogP contribution in [0.1, 0.15) is 23.7 Å². The molecular weight excluding hydrogens is 343 g/mol. The molecule has 1 aromatic carbocycles. The lowest BCUT2D eigenvalue weighted by molar-refractivity contribution is -0.142. The molecule has 0 aliphatic rings. The largest absolute Gasteiger partial charge is 0.466 e. The van der Waals surface area contributed by atoms with Gasteiger partial charge in [-0.15, -0.1) is 11.3 Å². The molecule has 0 bridgehead atoms. The number of halogens is 3. The smallest absolute Gasteiger partial charge is 0.417 e. The molecule has 1 N–H and O–H groups in total. The number of carbonyl (C=O) groups is 1. The third-order valence-electron chi connectivity index (χ3n) is 2.81. The number of nitrogens with zero attached hydrogens (tertiary/aromatic N) is 2. The first kappa shape index (κ1) is 17.9. The maximum atomic E-state index is 12.9. The van der Waals surface area contributed by atoms with Gasteiger partial charge < -0.3 is 4.74 Å². The summed E-state index contributed by atoms with van der Waals surface area (Å²) in [5.41, 5.74) is 2.24. The number of thiazole rings is 1. The molecule has 0 saturated carbocycles. The molecule has 0 fully saturated rings. The van der Waals surface area contributed by atoms with Gasteiger partial charge >= 0.3 is 12.1 Å². The number of carbonyl (C=O) groups excluding carboxylic acids is 1. The van der Waals surface area contributed by atoms with Crippen molar-refractivity contribution in [3.63, 3.8) is 0 Å². The van der Waals surface area contributed by atoms with Crippen LogP contribution in [0.2, 0.25) is 0 Å². The predicted molar refractivity (Wildman–Crippen MR) is 85.1 cm³/mol. The van der Waals surface area contributed by atoms with E-state index in [0.29, 0.717) is 10.8 Å². The Morgan fingerprint density at radius 1 is 1.42 bits per heavy atom. The lowest BCUT2D eigenvalue weighted by atomic mass is 10.1. The highest BCUT2D eigenvalue weighted by Crippen LogP contribution is 2.31. The molecule has 5 nitrogen and oxygen atoms in total. The molecule has 0 atom stereocenters. The summed E-state index contributed by atoms with van der Waals surface area (Å²) < 4.78 is 43.4. The Kier molecular flexibility index (Phi) is 5.91. The van der Waals surface area contributed by atoms with Crippen LogP contribution in [0.25, 0.3) is 0 Å². The number of alkyl halides is 3. The molecular formula is C15H14F3N3O2S. The van der Waals surface area contributed by atoms with E-state index in [-0.39, 0.29) is 18.6 Å². The van der Waals surface area contributed by atoms with Gasteiger partial charge in [0.15, 0.2) is 0 Å². The van der Waals surface area contributed by atoms with Crippen molar-refractivity contribution in [3.8, 4) is 0 Å². The topological polar surface area (TPSA) is 63.6 Å². The monoisotopic (exact) mass is 357 g/mol. The van der Waals surface area contributed by atoms with E-state index in [9.17, 15) is 18.0 Å². The molecule has 0 aliphatic carbocycles. The maximum absolute atomic E-state index is 12.9. The third-order valence-corrected chi connectivity index (χ3v) is 3.61. The van der Waals surface area contributed by atoms with Gasteiger partial charge in [-0.25, -0.2) is 4.98 Å². The minimum absolute atomic E-state index is 0.0344. The number of rotatable bonds is 6. The Bertz CT molecular complexity index is 729. The molecule has 0 unspecified atom stereocenters. The van der Waals surface area contributed by atoms with Crippen LogP contribution >= 0.6 is 11.3 Å². The van der Waals surface area contributed by atoms with Crippen molar-refractivity contribution >= 4 is 28.7 Å². The van der Waals surface area contributed by atoms with Crippen molar-refractivity contribution in [2.75, 3.05) is 12.0 Å². The van der Waals surface area contributed by atoms with Gasteiger partial charge in [0.2, 0.25) is 5.13 Å². The normalized spacial score (nSPS) is 11.7. The van der Waals surface area contributed by atoms with E-state index < -0.39 is 17.7 Å². The Hall–Kier alpha value is -2.42. The Morgan fingerprint density at radius 2 is 2.17 bits per heavy atom. The lowest BCUT2D eigenvalue weighted by Gasteiger charge is -2.08. The molecule has 0 radical (unpaired) electrons. The van der Waals surface area contributed by atoms with Crippen LogP contribution < -0.4 is 5.43 Å². The highest BCUT2D eigenvalue weighted by atomic mass is 32.1. The maximum Gasteiger partial charge on any atom is 0.417 e. The first-order valence-corrected chi connectivity index (χ1v) is 7.83. The first-order chi connectivity index (χ1) is 11.4. The molecule has 0 saturated heterocycles.